The lowest BCUT2D eigenvalue weighted by Gasteiger charge is -2.28. The van der Waals surface area contributed by atoms with Gasteiger partial charge in [-0.3, -0.25) is 9.20 Å². The number of hydrogen-bond donors (Lipinski definition) is 3. The van der Waals surface area contributed by atoms with Crippen LogP contribution in [0.2, 0.25) is 5.02 Å². The van der Waals surface area contributed by atoms with Gasteiger partial charge >= 0.3 is 12.1 Å². The largest absolute Gasteiger partial charge is 0.471 e. The summed E-state index contributed by atoms with van der Waals surface area (Å²) in [7, 11) is 0. The number of nitrogen functional groups attached to an aromatic ring is 1. The van der Waals surface area contributed by atoms with E-state index >= 15 is 0 Å². The number of nitrogens with zero attached hydrogens (tertiary/aromatic N) is 3. The van der Waals surface area contributed by atoms with E-state index in [4.69, 9.17) is 22.3 Å². The van der Waals surface area contributed by atoms with Crippen molar-refractivity contribution in [2.24, 2.45) is 5.92 Å². The molecule has 1 aliphatic carbocycles. The molecule has 1 fully saturated rings. The number of fused-ring (bicyclic) bond motifs is 2. The molecule has 1 aliphatic rings. The normalized spacial score (nSPS) is 19.1. The highest BCUT2D eigenvalue weighted by Gasteiger charge is 2.39. The van der Waals surface area contributed by atoms with E-state index in [-0.39, 0.29) is 18.4 Å². The summed E-state index contributed by atoms with van der Waals surface area (Å²) in [5, 5.41) is 3.56. The predicted octanol–water partition coefficient (Wildman–Crippen LogP) is 5.07. The molecule has 5 rings (SSSR count). The van der Waals surface area contributed by atoms with Gasteiger partial charge in [-0.25, -0.2) is 9.97 Å². The molecule has 3 aromatic heterocycles. The summed E-state index contributed by atoms with van der Waals surface area (Å²) in [6.45, 7) is 0.0192. The number of anilines is 1. The lowest BCUT2D eigenvalue weighted by atomic mass is 9.81. The van der Waals surface area contributed by atoms with Crippen LogP contribution in [-0.2, 0) is 4.79 Å². The van der Waals surface area contributed by atoms with Gasteiger partial charge in [0.05, 0.1) is 16.2 Å². The molecule has 0 radical (unpaired) electrons. The molecule has 1 aromatic carbocycles. The number of carbonyl (C=O) groups excluding carboxylic acids is 1. The van der Waals surface area contributed by atoms with Crippen LogP contribution in [0.5, 0.6) is 0 Å². The van der Waals surface area contributed by atoms with Crippen LogP contribution < -0.4 is 11.1 Å². The molecule has 178 valence electrons. The Morgan fingerprint density at radius 1 is 1.26 bits per heavy atom. The van der Waals surface area contributed by atoms with E-state index in [1.165, 1.54) is 0 Å². The van der Waals surface area contributed by atoms with Gasteiger partial charge in [-0.1, -0.05) is 23.7 Å². The summed E-state index contributed by atoms with van der Waals surface area (Å²) >= 11 is 6.34. The zero-order valence-electron chi connectivity index (χ0n) is 18.0. The van der Waals surface area contributed by atoms with Gasteiger partial charge in [0, 0.05) is 30.2 Å². The van der Waals surface area contributed by atoms with Crippen molar-refractivity contribution in [2.45, 2.75) is 37.8 Å². The molecule has 1 amide bonds. The summed E-state index contributed by atoms with van der Waals surface area (Å²) in [6, 6.07) is 7.62. The second kappa shape index (κ2) is 8.50. The predicted molar refractivity (Wildman–Crippen MR) is 123 cm³/mol. The average Bonchev–Trinajstić information content (AvgIpc) is 3.41. The van der Waals surface area contributed by atoms with Crippen LogP contribution in [0.1, 0.15) is 37.4 Å². The fourth-order valence-corrected chi connectivity index (χ4v) is 5.00. The first-order valence-electron chi connectivity index (χ1n) is 11.0. The minimum absolute atomic E-state index is 0.00386. The molecule has 4 aromatic rings. The smallest absolute Gasteiger partial charge is 0.382 e. The van der Waals surface area contributed by atoms with Gasteiger partial charge in [0.1, 0.15) is 22.9 Å². The van der Waals surface area contributed by atoms with E-state index in [1.54, 1.807) is 6.20 Å². The Morgan fingerprint density at radius 3 is 2.74 bits per heavy atom. The first kappa shape index (κ1) is 22.5. The third-order valence-corrected chi connectivity index (χ3v) is 6.81. The Kier molecular flexibility index (Phi) is 5.63. The van der Waals surface area contributed by atoms with Crippen molar-refractivity contribution in [3.05, 3.63) is 47.5 Å². The first-order chi connectivity index (χ1) is 16.2. The van der Waals surface area contributed by atoms with Crippen molar-refractivity contribution in [2.75, 3.05) is 12.3 Å². The van der Waals surface area contributed by atoms with Gasteiger partial charge in [-0.05, 0) is 43.7 Å². The standard InChI is InChI=1S/C23H22ClF3N6O/c24-15-3-1-2-14-10-16(31-17(14)15)18-19-20(28)29-8-9-33(19)21(32-18)13-6-4-12(5-7-13)11-30-22(34)23(25,26)27/h1-3,8-10,12-13,31H,4-7,11H2,(H2,28,29)(H,30,34). The fraction of sp³-hybridized carbons (Fsp3) is 0.348. The van der Waals surface area contributed by atoms with Gasteiger partial charge in [0.25, 0.3) is 0 Å². The molecular weight excluding hydrogens is 469 g/mol. The highest BCUT2D eigenvalue weighted by molar-refractivity contribution is 6.35. The van der Waals surface area contributed by atoms with E-state index in [1.807, 2.05) is 40.2 Å². The minimum Gasteiger partial charge on any atom is -0.382 e. The second-order valence-corrected chi connectivity index (χ2v) is 9.07. The molecule has 0 bridgehead atoms. The highest BCUT2D eigenvalue weighted by Crippen LogP contribution is 2.39. The van der Waals surface area contributed by atoms with Crippen LogP contribution in [0.3, 0.4) is 0 Å². The third kappa shape index (κ3) is 4.06. The SMILES string of the molecule is Nc1nccn2c(C3CCC(CNC(=O)C(F)(F)F)CC3)nc(-c3cc4cccc(Cl)c4[nH]3)c12. The number of aromatic amines is 1. The number of rotatable bonds is 4. The number of halogens is 4. The first-order valence-corrected chi connectivity index (χ1v) is 11.3. The van der Waals surface area contributed by atoms with Crippen molar-refractivity contribution in [1.29, 1.82) is 0 Å². The lowest BCUT2D eigenvalue weighted by molar-refractivity contribution is -0.173. The summed E-state index contributed by atoms with van der Waals surface area (Å²) in [4.78, 5) is 23.6. The van der Waals surface area contributed by atoms with Gasteiger partial charge in [0.2, 0.25) is 0 Å². The van der Waals surface area contributed by atoms with Crippen LogP contribution in [0.25, 0.3) is 27.8 Å². The van der Waals surface area contributed by atoms with Crippen molar-refractivity contribution < 1.29 is 18.0 Å². The second-order valence-electron chi connectivity index (χ2n) is 8.66. The van der Waals surface area contributed by atoms with E-state index in [0.717, 1.165) is 35.3 Å². The number of carbonyl (C=O) groups is 1. The maximum atomic E-state index is 12.5. The summed E-state index contributed by atoms with van der Waals surface area (Å²) in [6.07, 6.45) is 1.45. The molecule has 3 heterocycles. The topological polar surface area (TPSA) is 101 Å². The fourth-order valence-electron chi connectivity index (χ4n) is 4.77. The summed E-state index contributed by atoms with van der Waals surface area (Å²) < 4.78 is 39.3. The molecule has 0 saturated heterocycles. The van der Waals surface area contributed by atoms with Gasteiger partial charge in [-0.2, -0.15) is 13.2 Å². The molecule has 1 saturated carbocycles. The maximum Gasteiger partial charge on any atom is 0.471 e. The third-order valence-electron chi connectivity index (χ3n) is 6.49. The van der Waals surface area contributed by atoms with Crippen LogP contribution in [0, 0.1) is 5.92 Å². The highest BCUT2D eigenvalue weighted by atomic mass is 35.5. The summed E-state index contributed by atoms with van der Waals surface area (Å²) in [5.74, 6) is -0.604. The Morgan fingerprint density at radius 2 is 2.03 bits per heavy atom. The number of nitrogens with two attached hydrogens (primary N) is 1. The van der Waals surface area contributed by atoms with E-state index in [9.17, 15) is 18.0 Å². The van der Waals surface area contributed by atoms with Crippen molar-refractivity contribution in [3.8, 4) is 11.4 Å². The molecule has 0 atom stereocenters. The maximum absolute atomic E-state index is 12.5. The molecule has 11 heteroatoms. The van der Waals surface area contributed by atoms with Crippen LogP contribution in [0.4, 0.5) is 19.0 Å². The van der Waals surface area contributed by atoms with Crippen molar-refractivity contribution in [1.82, 2.24) is 24.7 Å². The summed E-state index contributed by atoms with van der Waals surface area (Å²) in [5.41, 5.74) is 9.19. The zero-order valence-corrected chi connectivity index (χ0v) is 18.7. The van der Waals surface area contributed by atoms with E-state index < -0.39 is 12.1 Å². The monoisotopic (exact) mass is 490 g/mol. The van der Waals surface area contributed by atoms with Crippen LogP contribution >= 0.6 is 11.6 Å². The number of H-pyrrole nitrogens is 1. The Labute approximate surface area is 197 Å². The number of alkyl halides is 3. The zero-order chi connectivity index (χ0) is 24.0. The lowest BCUT2D eigenvalue weighted by Crippen LogP contribution is -2.40. The Balaban J connectivity index is 1.41. The van der Waals surface area contributed by atoms with Gasteiger partial charge in [-0.15, -0.1) is 0 Å². The number of benzene rings is 1. The van der Waals surface area contributed by atoms with Gasteiger partial charge in [0.15, 0.2) is 0 Å². The molecule has 4 N–H and O–H groups in total. The van der Waals surface area contributed by atoms with Gasteiger partial charge < -0.3 is 16.0 Å². The van der Waals surface area contributed by atoms with Crippen LogP contribution in [-0.4, -0.2) is 38.0 Å². The molecule has 34 heavy (non-hydrogen) atoms. The number of imidazole rings is 1. The average molecular weight is 491 g/mol. The molecule has 0 aliphatic heterocycles. The number of aromatic nitrogens is 4. The molecule has 0 spiro atoms. The number of hydrogen-bond acceptors (Lipinski definition) is 4. The molecule has 0 unspecified atom stereocenters. The van der Waals surface area contributed by atoms with Crippen LogP contribution in [0.15, 0.2) is 36.7 Å². The Hall–Kier alpha value is -3.27. The number of amides is 1. The van der Waals surface area contributed by atoms with E-state index in [0.29, 0.717) is 34.9 Å². The number of nitrogens with one attached hydrogen (secondary N) is 2. The minimum atomic E-state index is -4.86. The molecular formula is C23H22ClF3N6O. The van der Waals surface area contributed by atoms with E-state index in [2.05, 4.69) is 9.97 Å². The van der Waals surface area contributed by atoms with Crippen molar-refractivity contribution >= 4 is 39.7 Å². The Bertz CT molecular complexity index is 1370. The van der Waals surface area contributed by atoms with Crippen molar-refractivity contribution in [3.63, 3.8) is 0 Å². The number of para-hydroxylation sites is 1. The molecule has 7 nitrogen and oxygen atoms in total. The quantitative estimate of drug-likeness (QED) is 0.372.